The summed E-state index contributed by atoms with van der Waals surface area (Å²) >= 11 is 5.74. The first-order chi connectivity index (χ1) is 23.0. The van der Waals surface area contributed by atoms with Gasteiger partial charge in [-0.3, -0.25) is 0 Å². The minimum atomic E-state index is -4.32. The molecular formula is C35H35ClF4N6O2. The van der Waals surface area contributed by atoms with E-state index in [9.17, 15) is 17.6 Å². The first-order valence-corrected chi connectivity index (χ1v) is 15.6. The molecule has 0 radical (unpaired) electrons. The van der Waals surface area contributed by atoms with Crippen molar-refractivity contribution in [3.8, 4) is 0 Å². The van der Waals surface area contributed by atoms with Crippen LogP contribution in [0.5, 0.6) is 0 Å². The molecule has 6 N–H and O–H groups in total. The number of nitrogens with zero attached hydrogens (tertiary/aromatic N) is 2. The van der Waals surface area contributed by atoms with E-state index < -0.39 is 11.7 Å². The second-order valence-electron chi connectivity index (χ2n) is 11.3. The Kier molecular flexibility index (Phi) is 11.3. The van der Waals surface area contributed by atoms with E-state index in [1.807, 2.05) is 48.5 Å². The summed E-state index contributed by atoms with van der Waals surface area (Å²) in [6.07, 6.45) is -0.837. The summed E-state index contributed by atoms with van der Waals surface area (Å²) in [5, 5.41) is 6.50. The molecule has 0 spiro atoms. The highest BCUT2D eigenvalue weighted by molar-refractivity contribution is 6.30. The van der Waals surface area contributed by atoms with Crippen molar-refractivity contribution in [3.63, 3.8) is 0 Å². The van der Waals surface area contributed by atoms with Crippen LogP contribution in [0, 0.1) is 5.82 Å². The highest BCUT2D eigenvalue weighted by atomic mass is 35.5. The number of nitrogens with two attached hydrogens (primary N) is 2. The van der Waals surface area contributed by atoms with Gasteiger partial charge in [-0.1, -0.05) is 35.9 Å². The lowest BCUT2D eigenvalue weighted by atomic mass is 10.1. The van der Waals surface area contributed by atoms with Crippen molar-refractivity contribution in [2.24, 2.45) is 21.5 Å². The Hall–Kier alpha value is -4.97. The van der Waals surface area contributed by atoms with Crippen LogP contribution in [-0.4, -0.2) is 37.3 Å². The highest BCUT2D eigenvalue weighted by Gasteiger charge is 2.30. The Morgan fingerprint density at radius 2 is 1.15 bits per heavy atom. The van der Waals surface area contributed by atoms with E-state index in [1.165, 1.54) is 23.8 Å². The third-order valence-electron chi connectivity index (χ3n) is 7.62. The Balaban J connectivity index is 0.000000188. The molecule has 0 fully saturated rings. The number of alkyl halides is 3. The zero-order valence-electron chi connectivity index (χ0n) is 25.8. The summed E-state index contributed by atoms with van der Waals surface area (Å²) in [5.74, 6) is -0.377. The van der Waals surface area contributed by atoms with Gasteiger partial charge in [-0.2, -0.15) is 13.2 Å². The quantitative estimate of drug-likeness (QED) is 0.126. The van der Waals surface area contributed by atoms with Gasteiger partial charge in [0, 0.05) is 22.1 Å². The number of hydrogen-bond acceptors (Lipinski definition) is 8. The fourth-order valence-corrected chi connectivity index (χ4v) is 5.16. The van der Waals surface area contributed by atoms with Gasteiger partial charge in [0.05, 0.1) is 23.3 Å². The Labute approximate surface area is 280 Å². The van der Waals surface area contributed by atoms with Gasteiger partial charge in [0.25, 0.3) is 12.0 Å². The molecule has 2 aliphatic rings. The Morgan fingerprint density at radius 3 is 1.56 bits per heavy atom. The van der Waals surface area contributed by atoms with Gasteiger partial charge in [0.2, 0.25) is 0 Å². The molecule has 4 aromatic carbocycles. The predicted octanol–water partition coefficient (Wildman–Crippen LogP) is 7.96. The monoisotopic (exact) mass is 682 g/mol. The maximum absolute atomic E-state index is 13.8. The predicted molar refractivity (Wildman–Crippen MR) is 182 cm³/mol. The lowest BCUT2D eigenvalue weighted by Gasteiger charge is -2.10. The molecule has 4 aromatic rings. The molecule has 0 unspecified atom stereocenters. The number of amidine groups is 2. The third-order valence-corrected chi connectivity index (χ3v) is 7.85. The molecule has 252 valence electrons. The number of ether oxygens (including phenoxy) is 2. The summed E-state index contributed by atoms with van der Waals surface area (Å²) in [6.45, 7) is 1.08. The van der Waals surface area contributed by atoms with E-state index in [-0.39, 0.29) is 29.9 Å². The van der Waals surface area contributed by atoms with E-state index in [1.54, 1.807) is 12.1 Å². The van der Waals surface area contributed by atoms with Crippen LogP contribution in [0.4, 0.5) is 40.3 Å². The van der Waals surface area contributed by atoms with Crippen molar-refractivity contribution in [1.82, 2.24) is 0 Å². The van der Waals surface area contributed by atoms with Gasteiger partial charge in [-0.25, -0.2) is 14.4 Å². The Morgan fingerprint density at radius 1 is 0.688 bits per heavy atom. The number of rotatable bonds is 10. The second-order valence-corrected chi connectivity index (χ2v) is 11.7. The van der Waals surface area contributed by atoms with Crippen LogP contribution in [0.2, 0.25) is 5.02 Å². The average Bonchev–Trinajstić information content (AvgIpc) is 3.69. The second kappa shape index (κ2) is 15.7. The third kappa shape index (κ3) is 10.3. The van der Waals surface area contributed by atoms with Crippen LogP contribution >= 0.6 is 11.6 Å². The fraction of sp³-hybridized carbons (Fsp3) is 0.257. The first kappa shape index (κ1) is 34.4. The van der Waals surface area contributed by atoms with Crippen molar-refractivity contribution in [2.45, 2.75) is 43.9 Å². The molecule has 2 heterocycles. The van der Waals surface area contributed by atoms with Crippen molar-refractivity contribution in [2.75, 3.05) is 23.8 Å². The summed E-state index contributed by atoms with van der Waals surface area (Å²) in [7, 11) is 0. The van der Waals surface area contributed by atoms with Crippen LogP contribution in [0.25, 0.3) is 0 Å². The fourth-order valence-electron chi connectivity index (χ4n) is 5.00. The SMILES string of the molecule is NC1=N[C@@H](CCc2ccc(Nc3ccc(C(F)(F)F)cc3)cc2)CO1.NC1=N[C@@H](CCc2ccc(Nc3ccc(Cl)cc3F)cc2)CO1. The maximum atomic E-state index is 13.8. The minimum absolute atomic E-state index is 0.102. The first-order valence-electron chi connectivity index (χ1n) is 15.3. The molecule has 13 heteroatoms. The normalized spacial score (nSPS) is 16.9. The molecule has 2 atom stereocenters. The van der Waals surface area contributed by atoms with Gasteiger partial charge >= 0.3 is 6.18 Å². The average molecular weight is 683 g/mol. The van der Waals surface area contributed by atoms with E-state index in [4.69, 9.17) is 32.5 Å². The van der Waals surface area contributed by atoms with Crippen molar-refractivity contribution >= 4 is 46.4 Å². The summed E-state index contributed by atoms with van der Waals surface area (Å²) in [4.78, 5) is 8.38. The zero-order valence-corrected chi connectivity index (χ0v) is 26.6. The van der Waals surface area contributed by atoms with Crippen LogP contribution in [0.3, 0.4) is 0 Å². The van der Waals surface area contributed by atoms with Gasteiger partial charge in [-0.05, 0) is 104 Å². The number of benzene rings is 4. The lowest BCUT2D eigenvalue weighted by molar-refractivity contribution is -0.137. The molecule has 0 saturated carbocycles. The minimum Gasteiger partial charge on any atom is -0.463 e. The summed E-state index contributed by atoms with van der Waals surface area (Å²) in [6, 6.07) is 25.9. The number of halogens is 5. The largest absolute Gasteiger partial charge is 0.463 e. The highest BCUT2D eigenvalue weighted by Crippen LogP contribution is 2.30. The molecule has 6 rings (SSSR count). The summed E-state index contributed by atoms with van der Waals surface area (Å²) < 4.78 is 61.7. The zero-order chi connectivity index (χ0) is 34.1. The van der Waals surface area contributed by atoms with Crippen LogP contribution in [0.1, 0.15) is 29.5 Å². The molecule has 48 heavy (non-hydrogen) atoms. The molecule has 0 amide bonds. The maximum Gasteiger partial charge on any atom is 0.416 e. The van der Waals surface area contributed by atoms with Crippen LogP contribution < -0.4 is 22.1 Å². The molecule has 8 nitrogen and oxygen atoms in total. The molecule has 0 saturated heterocycles. The topological polar surface area (TPSA) is 119 Å². The van der Waals surface area contributed by atoms with Gasteiger partial charge in [-0.15, -0.1) is 0 Å². The molecular weight excluding hydrogens is 648 g/mol. The smallest absolute Gasteiger partial charge is 0.416 e. The van der Waals surface area contributed by atoms with Crippen molar-refractivity contribution < 1.29 is 27.0 Å². The lowest BCUT2D eigenvalue weighted by Crippen LogP contribution is -2.10. The Bertz CT molecular complexity index is 1720. The summed E-state index contributed by atoms with van der Waals surface area (Å²) in [5.41, 5.74) is 15.3. The number of hydrogen-bond donors (Lipinski definition) is 4. The molecule has 0 bridgehead atoms. The van der Waals surface area contributed by atoms with E-state index >= 15 is 0 Å². The van der Waals surface area contributed by atoms with Crippen molar-refractivity contribution in [1.29, 1.82) is 0 Å². The number of nitrogens with one attached hydrogen (secondary N) is 2. The van der Waals surface area contributed by atoms with Gasteiger partial charge in [0.1, 0.15) is 19.0 Å². The molecule has 0 aliphatic carbocycles. The number of aryl methyl sites for hydroxylation is 2. The van der Waals surface area contributed by atoms with Crippen LogP contribution in [-0.2, 0) is 28.5 Å². The number of aliphatic imine (C=N–C) groups is 2. The van der Waals surface area contributed by atoms with E-state index in [0.29, 0.717) is 29.6 Å². The van der Waals surface area contributed by atoms with E-state index in [0.717, 1.165) is 54.8 Å². The molecule has 2 aliphatic heterocycles. The van der Waals surface area contributed by atoms with Crippen LogP contribution in [0.15, 0.2) is 101 Å². The standard InChI is InChI=1S/C18H18F3N3O.C17H17ClFN3O/c19-18(20,21)13-4-9-15(10-5-13)23-14-6-1-12(2-7-14)3-8-16-11-25-17(22)24-16;18-12-4-8-16(15(19)9-12)21-13-5-1-11(2-6-13)3-7-14-10-23-17(20)22-14/h1-2,4-7,9-10,16,23H,3,8,11H2,(H2,22,24);1-2,4-6,8-9,14,21H,3,7,10H2,(H2,20,22)/t16-;14-/m00/s1. The molecule has 0 aromatic heterocycles. The van der Waals surface area contributed by atoms with Crippen molar-refractivity contribution in [3.05, 3.63) is 119 Å². The van der Waals surface area contributed by atoms with Gasteiger partial charge in [0.15, 0.2) is 0 Å². The van der Waals surface area contributed by atoms with Gasteiger partial charge < -0.3 is 31.6 Å². The van der Waals surface area contributed by atoms with E-state index in [2.05, 4.69) is 20.6 Å². The number of anilines is 4.